The highest BCUT2D eigenvalue weighted by atomic mass is 16.8. The second kappa shape index (κ2) is 8.46. The number of rotatable bonds is 4. The van der Waals surface area contributed by atoms with Crippen LogP contribution in [0.25, 0.3) is 0 Å². The van der Waals surface area contributed by atoms with Crippen LogP contribution in [0.15, 0.2) is 60.7 Å². The molecule has 0 aromatic heterocycles. The monoisotopic (exact) mass is 468 g/mol. The molecule has 1 saturated carbocycles. The molecule has 2 aromatic rings. The number of carbonyl (C=O) groups excluding carboxylic acids is 2. The average molecular weight is 469 g/mol. The predicted molar refractivity (Wildman–Crippen MR) is 119 cm³/mol. The van der Waals surface area contributed by atoms with Crippen LogP contribution < -0.4 is 0 Å². The molecule has 0 bridgehead atoms. The Balaban J connectivity index is 1.47. The summed E-state index contributed by atoms with van der Waals surface area (Å²) in [5.41, 5.74) is 0.814. The number of esters is 2. The third-order valence-electron chi connectivity index (χ3n) is 6.13. The number of hydrogen-bond acceptors (Lipinski definition) is 8. The van der Waals surface area contributed by atoms with E-state index in [9.17, 15) is 9.59 Å². The molecule has 8 nitrogen and oxygen atoms in total. The Bertz CT molecular complexity index is 937. The number of fused-ring (bicyclic) bond motifs is 2. The minimum absolute atomic E-state index is 0.407. The average Bonchev–Trinajstić information content (AvgIpc) is 3.31. The Labute approximate surface area is 198 Å². The zero-order valence-electron chi connectivity index (χ0n) is 19.5. The van der Waals surface area contributed by atoms with Crippen molar-refractivity contribution in [2.24, 2.45) is 0 Å². The van der Waals surface area contributed by atoms with Gasteiger partial charge in [0.05, 0.1) is 11.1 Å². The molecule has 0 spiro atoms. The molecule has 2 aliphatic heterocycles. The van der Waals surface area contributed by atoms with Gasteiger partial charge in [0.15, 0.2) is 23.8 Å². The quantitative estimate of drug-likeness (QED) is 0.630. The lowest BCUT2D eigenvalue weighted by molar-refractivity contribution is -0.183. The summed E-state index contributed by atoms with van der Waals surface area (Å²) in [6.45, 7) is 7.05. The van der Waals surface area contributed by atoms with E-state index in [1.165, 1.54) is 0 Å². The van der Waals surface area contributed by atoms with Crippen LogP contribution in [0.4, 0.5) is 0 Å². The summed E-state index contributed by atoms with van der Waals surface area (Å²) in [5, 5.41) is 0. The van der Waals surface area contributed by atoms with Gasteiger partial charge in [-0.2, -0.15) is 0 Å². The molecule has 1 aliphatic carbocycles. The molecule has 34 heavy (non-hydrogen) atoms. The SMILES string of the molecule is CC1(C)O[C@@H]2C(OC(=O)c3ccccc3)[C@H]3OC(C)(C)O[C@H]3C(OC(=O)c3ccccc3)[C@H]2O1. The van der Waals surface area contributed by atoms with Crippen LogP contribution in [0.3, 0.4) is 0 Å². The van der Waals surface area contributed by atoms with E-state index in [0.29, 0.717) is 11.1 Å². The Morgan fingerprint density at radius 2 is 0.882 bits per heavy atom. The number of ether oxygens (including phenoxy) is 6. The summed E-state index contributed by atoms with van der Waals surface area (Å²) >= 11 is 0. The van der Waals surface area contributed by atoms with Crippen LogP contribution in [-0.4, -0.2) is 60.1 Å². The van der Waals surface area contributed by atoms with Gasteiger partial charge in [-0.3, -0.25) is 0 Å². The van der Waals surface area contributed by atoms with E-state index in [4.69, 9.17) is 28.4 Å². The van der Waals surface area contributed by atoms with Gasteiger partial charge in [0.2, 0.25) is 0 Å². The summed E-state index contributed by atoms with van der Waals surface area (Å²) in [7, 11) is 0. The largest absolute Gasteiger partial charge is 0.453 e. The molecule has 2 unspecified atom stereocenters. The zero-order chi connectivity index (χ0) is 24.1. The first-order valence-corrected chi connectivity index (χ1v) is 11.4. The summed E-state index contributed by atoms with van der Waals surface area (Å²) in [6, 6.07) is 17.4. The topological polar surface area (TPSA) is 89.5 Å². The highest BCUT2D eigenvalue weighted by molar-refractivity contribution is 5.90. The van der Waals surface area contributed by atoms with Gasteiger partial charge in [0.1, 0.15) is 24.4 Å². The van der Waals surface area contributed by atoms with Gasteiger partial charge in [-0.15, -0.1) is 0 Å². The van der Waals surface area contributed by atoms with Gasteiger partial charge < -0.3 is 28.4 Å². The maximum Gasteiger partial charge on any atom is 0.338 e. The van der Waals surface area contributed by atoms with Gasteiger partial charge in [-0.25, -0.2) is 9.59 Å². The molecule has 2 saturated heterocycles. The third kappa shape index (κ3) is 4.34. The second-order valence-corrected chi connectivity index (χ2v) is 9.60. The Morgan fingerprint density at radius 3 is 1.18 bits per heavy atom. The van der Waals surface area contributed by atoms with Crippen molar-refractivity contribution in [3.05, 3.63) is 71.8 Å². The third-order valence-corrected chi connectivity index (χ3v) is 6.13. The van der Waals surface area contributed by atoms with Crippen molar-refractivity contribution in [1.82, 2.24) is 0 Å². The second-order valence-electron chi connectivity index (χ2n) is 9.60. The van der Waals surface area contributed by atoms with Crippen molar-refractivity contribution >= 4 is 11.9 Å². The lowest BCUT2D eigenvalue weighted by Gasteiger charge is -2.41. The van der Waals surface area contributed by atoms with E-state index in [0.717, 1.165) is 0 Å². The molecular formula is C26H28O8. The number of carbonyl (C=O) groups is 2. The lowest BCUT2D eigenvalue weighted by Crippen LogP contribution is -2.63. The zero-order valence-corrected chi connectivity index (χ0v) is 19.5. The van der Waals surface area contributed by atoms with Gasteiger partial charge in [-0.05, 0) is 52.0 Å². The van der Waals surface area contributed by atoms with Crippen LogP contribution in [-0.2, 0) is 28.4 Å². The molecule has 3 aliphatic rings. The maximum absolute atomic E-state index is 13.0. The van der Waals surface area contributed by atoms with Crippen molar-refractivity contribution in [3.8, 4) is 0 Å². The fraction of sp³-hybridized carbons (Fsp3) is 0.462. The molecule has 5 rings (SSSR count). The molecule has 0 radical (unpaired) electrons. The van der Waals surface area contributed by atoms with Gasteiger partial charge in [0, 0.05) is 0 Å². The van der Waals surface area contributed by atoms with E-state index in [2.05, 4.69) is 0 Å². The Kier molecular flexibility index (Phi) is 5.72. The molecule has 6 atom stereocenters. The van der Waals surface area contributed by atoms with E-state index in [1.807, 2.05) is 12.1 Å². The van der Waals surface area contributed by atoms with E-state index in [1.54, 1.807) is 76.2 Å². The van der Waals surface area contributed by atoms with E-state index < -0.39 is 60.1 Å². The molecule has 180 valence electrons. The molecular weight excluding hydrogens is 440 g/mol. The van der Waals surface area contributed by atoms with Crippen LogP contribution >= 0.6 is 0 Å². The minimum Gasteiger partial charge on any atom is -0.453 e. The Hall–Kier alpha value is -2.78. The molecule has 3 fully saturated rings. The van der Waals surface area contributed by atoms with Crippen LogP contribution in [0.5, 0.6) is 0 Å². The fourth-order valence-electron chi connectivity index (χ4n) is 4.82. The van der Waals surface area contributed by atoms with Crippen LogP contribution in [0, 0.1) is 0 Å². The normalized spacial score (nSPS) is 32.9. The molecule has 2 aromatic carbocycles. The predicted octanol–water partition coefficient (Wildman–Crippen LogP) is 3.49. The number of hydrogen-bond donors (Lipinski definition) is 0. The molecule has 0 amide bonds. The summed E-state index contributed by atoms with van der Waals surface area (Å²) in [4.78, 5) is 25.9. The standard InChI is InChI=1S/C26H28O8/c1-25(2)31-19-17(29-23(27)15-11-7-5-8-12-15)21-22(34-26(3,4)33-21)18(20(19)32-25)30-24(28)16-13-9-6-10-14-16/h5-14,17-22H,1-4H3/t17?,18?,19-,20-,21-,22+/m1/s1. The van der Waals surface area contributed by atoms with Crippen molar-refractivity contribution < 1.29 is 38.0 Å². The summed E-state index contributed by atoms with van der Waals surface area (Å²) in [6.07, 6.45) is -4.58. The maximum atomic E-state index is 13.0. The van der Waals surface area contributed by atoms with Crippen LogP contribution in [0.1, 0.15) is 48.4 Å². The minimum atomic E-state index is -0.988. The summed E-state index contributed by atoms with van der Waals surface area (Å²) < 4.78 is 36.6. The van der Waals surface area contributed by atoms with Crippen LogP contribution in [0.2, 0.25) is 0 Å². The van der Waals surface area contributed by atoms with Gasteiger partial charge in [-0.1, -0.05) is 36.4 Å². The first-order valence-electron chi connectivity index (χ1n) is 11.4. The van der Waals surface area contributed by atoms with Crippen molar-refractivity contribution in [2.45, 2.75) is 75.9 Å². The molecule has 8 heteroatoms. The van der Waals surface area contributed by atoms with Gasteiger partial charge in [0.25, 0.3) is 0 Å². The first-order chi connectivity index (χ1) is 16.1. The number of benzene rings is 2. The van der Waals surface area contributed by atoms with Crippen molar-refractivity contribution in [3.63, 3.8) is 0 Å². The molecule has 2 heterocycles. The highest BCUT2D eigenvalue weighted by Crippen LogP contribution is 2.46. The van der Waals surface area contributed by atoms with Crippen molar-refractivity contribution in [2.75, 3.05) is 0 Å². The van der Waals surface area contributed by atoms with Crippen molar-refractivity contribution in [1.29, 1.82) is 0 Å². The summed E-state index contributed by atoms with van der Waals surface area (Å²) in [5.74, 6) is -3.00. The van der Waals surface area contributed by atoms with Gasteiger partial charge >= 0.3 is 11.9 Å². The first kappa shape index (κ1) is 23.0. The van der Waals surface area contributed by atoms with E-state index >= 15 is 0 Å². The molecule has 0 N–H and O–H groups in total. The fourth-order valence-corrected chi connectivity index (χ4v) is 4.82. The van der Waals surface area contributed by atoms with E-state index in [-0.39, 0.29) is 0 Å². The highest BCUT2D eigenvalue weighted by Gasteiger charge is 2.66. The Morgan fingerprint density at radius 1 is 0.588 bits per heavy atom. The lowest BCUT2D eigenvalue weighted by atomic mass is 9.84. The smallest absolute Gasteiger partial charge is 0.338 e.